The van der Waals surface area contributed by atoms with Crippen LogP contribution in [0.1, 0.15) is 18.2 Å². The van der Waals surface area contributed by atoms with Crippen molar-refractivity contribution in [3.8, 4) is 0 Å². The van der Waals surface area contributed by atoms with E-state index >= 15 is 0 Å². The molecule has 4 rings (SSSR count). The number of anilines is 1. The molecular formula is C21H22N4O. The second kappa shape index (κ2) is 6.67. The van der Waals surface area contributed by atoms with Crippen LogP contribution in [-0.2, 0) is 23.4 Å². The summed E-state index contributed by atoms with van der Waals surface area (Å²) in [4.78, 5) is 19.7. The van der Waals surface area contributed by atoms with Crippen molar-refractivity contribution in [2.75, 3.05) is 11.9 Å². The Hall–Kier alpha value is -3.08. The number of carbonyl (C=O) groups is 1. The van der Waals surface area contributed by atoms with Gasteiger partial charge in [0.25, 0.3) is 5.91 Å². The summed E-state index contributed by atoms with van der Waals surface area (Å²) in [5.74, 6) is 0.0694. The highest BCUT2D eigenvalue weighted by atomic mass is 16.2. The van der Waals surface area contributed by atoms with Crippen LogP contribution in [0, 0.1) is 0 Å². The summed E-state index contributed by atoms with van der Waals surface area (Å²) in [5, 5.41) is 3.47. The molecule has 1 aromatic heterocycles. The Morgan fingerprint density at radius 1 is 1.04 bits per heavy atom. The van der Waals surface area contributed by atoms with E-state index in [0.29, 0.717) is 13.1 Å². The summed E-state index contributed by atoms with van der Waals surface area (Å²) in [5.41, 5.74) is 2.10. The second-order valence-electron chi connectivity index (χ2n) is 6.79. The molecule has 5 heteroatoms. The number of fused-ring (bicyclic) bond motifs is 1. The lowest BCUT2D eigenvalue weighted by Gasteiger charge is -2.38. The molecule has 5 nitrogen and oxygen atoms in total. The fourth-order valence-electron chi connectivity index (χ4n) is 3.50. The predicted octanol–water partition coefficient (Wildman–Crippen LogP) is 3.25. The van der Waals surface area contributed by atoms with E-state index in [1.807, 2.05) is 85.0 Å². The fourth-order valence-corrected chi connectivity index (χ4v) is 3.50. The van der Waals surface area contributed by atoms with Gasteiger partial charge in [-0.15, -0.1) is 0 Å². The molecule has 1 atom stereocenters. The second-order valence-corrected chi connectivity index (χ2v) is 6.79. The highest BCUT2D eigenvalue weighted by molar-refractivity contribution is 5.90. The molecule has 0 saturated carbocycles. The van der Waals surface area contributed by atoms with E-state index in [1.165, 1.54) is 0 Å². The first-order valence-electron chi connectivity index (χ1n) is 8.84. The van der Waals surface area contributed by atoms with Crippen molar-refractivity contribution < 1.29 is 4.79 Å². The van der Waals surface area contributed by atoms with Gasteiger partial charge in [0.1, 0.15) is 5.54 Å². The summed E-state index contributed by atoms with van der Waals surface area (Å²) in [7, 11) is 0. The van der Waals surface area contributed by atoms with Gasteiger partial charge in [-0.3, -0.25) is 4.79 Å². The number of carbonyl (C=O) groups excluding carboxylic acids is 1. The van der Waals surface area contributed by atoms with Gasteiger partial charge in [-0.25, -0.2) is 4.98 Å². The van der Waals surface area contributed by atoms with Crippen LogP contribution in [0.25, 0.3) is 0 Å². The lowest BCUT2D eigenvalue weighted by molar-refractivity contribution is -0.137. The zero-order chi connectivity index (χ0) is 18.0. The van der Waals surface area contributed by atoms with Crippen molar-refractivity contribution in [2.24, 2.45) is 0 Å². The molecule has 1 amide bonds. The number of para-hydroxylation sites is 1. The molecular weight excluding hydrogens is 324 g/mol. The van der Waals surface area contributed by atoms with E-state index in [1.54, 1.807) is 0 Å². The van der Waals surface area contributed by atoms with E-state index in [-0.39, 0.29) is 5.91 Å². The van der Waals surface area contributed by atoms with Crippen LogP contribution in [0.15, 0.2) is 73.2 Å². The molecule has 0 fully saturated rings. The maximum absolute atomic E-state index is 13.6. The van der Waals surface area contributed by atoms with E-state index < -0.39 is 5.54 Å². The summed E-state index contributed by atoms with van der Waals surface area (Å²) in [6.07, 6.45) is 3.67. The molecule has 0 aliphatic carbocycles. The monoisotopic (exact) mass is 346 g/mol. The lowest BCUT2D eigenvalue weighted by Crippen LogP contribution is -2.51. The molecule has 2 aromatic carbocycles. The Labute approximate surface area is 153 Å². The minimum absolute atomic E-state index is 0.0694. The SMILES string of the molecule is C[C@@](Nc1ccccc1)(C(=O)N1CCn2cncc2C1)c1ccccc1. The standard InChI is InChI=1S/C21H22N4O/c1-21(17-8-4-2-5-9-17,23-18-10-6-3-7-11-18)20(26)24-12-13-25-16-22-14-19(25)15-24/h2-11,14,16,23H,12-13,15H2,1H3/t21-/m0/s1. The average Bonchev–Trinajstić information content (AvgIpc) is 3.16. The molecule has 1 N–H and O–H groups in total. The number of imidazole rings is 1. The highest BCUT2D eigenvalue weighted by Gasteiger charge is 2.39. The van der Waals surface area contributed by atoms with Crippen molar-refractivity contribution >= 4 is 11.6 Å². The van der Waals surface area contributed by atoms with E-state index in [2.05, 4.69) is 14.9 Å². The van der Waals surface area contributed by atoms with Crippen LogP contribution >= 0.6 is 0 Å². The van der Waals surface area contributed by atoms with Crippen LogP contribution in [0.3, 0.4) is 0 Å². The number of hydrogen-bond acceptors (Lipinski definition) is 3. The number of benzene rings is 2. The first-order valence-corrected chi connectivity index (χ1v) is 8.84. The molecule has 3 aromatic rings. The predicted molar refractivity (Wildman–Crippen MR) is 102 cm³/mol. The smallest absolute Gasteiger partial charge is 0.253 e. The fraction of sp³-hybridized carbons (Fsp3) is 0.238. The minimum Gasteiger partial charge on any atom is -0.368 e. The summed E-state index contributed by atoms with van der Waals surface area (Å²) in [6, 6.07) is 19.8. The third-order valence-electron chi connectivity index (χ3n) is 5.00. The van der Waals surface area contributed by atoms with Gasteiger partial charge in [-0.1, -0.05) is 48.5 Å². The average molecular weight is 346 g/mol. The minimum atomic E-state index is -0.842. The largest absolute Gasteiger partial charge is 0.368 e. The Morgan fingerprint density at radius 3 is 2.46 bits per heavy atom. The lowest BCUT2D eigenvalue weighted by atomic mass is 9.89. The third-order valence-corrected chi connectivity index (χ3v) is 5.00. The Morgan fingerprint density at radius 2 is 1.73 bits per heavy atom. The zero-order valence-corrected chi connectivity index (χ0v) is 14.8. The first kappa shape index (κ1) is 16.4. The zero-order valence-electron chi connectivity index (χ0n) is 14.8. The van der Waals surface area contributed by atoms with Gasteiger partial charge in [0, 0.05) is 25.0 Å². The van der Waals surface area contributed by atoms with Crippen LogP contribution in [0.2, 0.25) is 0 Å². The molecule has 0 radical (unpaired) electrons. The number of hydrogen-bond donors (Lipinski definition) is 1. The topological polar surface area (TPSA) is 50.2 Å². The Balaban J connectivity index is 1.68. The summed E-state index contributed by atoms with van der Waals surface area (Å²) < 4.78 is 2.11. The quantitative estimate of drug-likeness (QED) is 0.789. The van der Waals surface area contributed by atoms with Crippen LogP contribution in [-0.4, -0.2) is 26.9 Å². The van der Waals surface area contributed by atoms with Gasteiger partial charge in [-0.2, -0.15) is 0 Å². The molecule has 132 valence electrons. The van der Waals surface area contributed by atoms with Crippen LogP contribution in [0.4, 0.5) is 5.69 Å². The van der Waals surface area contributed by atoms with Gasteiger partial charge in [0.05, 0.1) is 18.6 Å². The van der Waals surface area contributed by atoms with Gasteiger partial charge in [0.2, 0.25) is 0 Å². The normalized spacial score (nSPS) is 15.8. The van der Waals surface area contributed by atoms with Crippen molar-refractivity contribution in [1.29, 1.82) is 0 Å². The Kier molecular flexibility index (Phi) is 4.21. The molecule has 0 spiro atoms. The number of rotatable bonds is 4. The maximum Gasteiger partial charge on any atom is 0.253 e. The molecule has 1 aliphatic rings. The van der Waals surface area contributed by atoms with Gasteiger partial charge >= 0.3 is 0 Å². The third kappa shape index (κ3) is 2.96. The van der Waals surface area contributed by atoms with E-state index in [4.69, 9.17) is 0 Å². The van der Waals surface area contributed by atoms with Crippen molar-refractivity contribution in [3.05, 3.63) is 84.4 Å². The molecule has 0 saturated heterocycles. The van der Waals surface area contributed by atoms with Crippen molar-refractivity contribution in [2.45, 2.75) is 25.6 Å². The molecule has 1 aliphatic heterocycles. The van der Waals surface area contributed by atoms with Crippen LogP contribution < -0.4 is 5.32 Å². The maximum atomic E-state index is 13.6. The number of nitrogens with one attached hydrogen (secondary N) is 1. The molecule has 26 heavy (non-hydrogen) atoms. The van der Waals surface area contributed by atoms with Gasteiger partial charge in [-0.05, 0) is 24.6 Å². The van der Waals surface area contributed by atoms with Gasteiger partial charge < -0.3 is 14.8 Å². The van der Waals surface area contributed by atoms with Crippen molar-refractivity contribution in [3.63, 3.8) is 0 Å². The molecule has 0 bridgehead atoms. The van der Waals surface area contributed by atoms with Crippen molar-refractivity contribution in [1.82, 2.24) is 14.5 Å². The molecule has 2 heterocycles. The summed E-state index contributed by atoms with van der Waals surface area (Å²) in [6.45, 7) is 4.00. The molecule has 0 unspecified atom stereocenters. The highest BCUT2D eigenvalue weighted by Crippen LogP contribution is 2.30. The first-order chi connectivity index (χ1) is 12.7. The number of amides is 1. The van der Waals surface area contributed by atoms with E-state index in [9.17, 15) is 4.79 Å². The summed E-state index contributed by atoms with van der Waals surface area (Å²) >= 11 is 0. The van der Waals surface area contributed by atoms with Gasteiger partial charge in [0.15, 0.2) is 0 Å². The number of nitrogens with zero attached hydrogens (tertiary/aromatic N) is 3. The van der Waals surface area contributed by atoms with E-state index in [0.717, 1.165) is 23.5 Å². The number of aromatic nitrogens is 2. The van der Waals surface area contributed by atoms with Crippen LogP contribution in [0.5, 0.6) is 0 Å². The Bertz CT molecular complexity index is 891.